The number of nitrogens with one attached hydrogen (secondary N) is 1. The van der Waals surface area contributed by atoms with Crippen molar-refractivity contribution in [3.63, 3.8) is 0 Å². The quantitative estimate of drug-likeness (QED) is 0.823. The molecular weight excluding hydrogens is 306 g/mol. The third-order valence-electron chi connectivity index (χ3n) is 3.89. The molecule has 7 nitrogen and oxygen atoms in total. The summed E-state index contributed by atoms with van der Waals surface area (Å²) in [5.74, 6) is -0.0534. The van der Waals surface area contributed by atoms with Crippen LogP contribution in [0.1, 0.15) is 21.6 Å². The first-order valence-corrected chi connectivity index (χ1v) is 7.94. The molecule has 7 heteroatoms. The Morgan fingerprint density at radius 2 is 1.88 bits per heavy atom. The van der Waals surface area contributed by atoms with E-state index >= 15 is 0 Å². The largest absolute Gasteiger partial charge is 0.379 e. The molecule has 0 spiro atoms. The molecular formula is C17H21N5O2. The minimum atomic E-state index is -0.585. The van der Waals surface area contributed by atoms with Crippen molar-refractivity contribution in [2.45, 2.75) is 13.1 Å². The van der Waals surface area contributed by atoms with Crippen LogP contribution < -0.4 is 11.1 Å². The monoisotopic (exact) mass is 327 g/mol. The molecule has 3 rings (SSSR count). The van der Waals surface area contributed by atoms with Crippen molar-refractivity contribution in [3.05, 3.63) is 53.5 Å². The van der Waals surface area contributed by atoms with E-state index < -0.39 is 5.91 Å². The summed E-state index contributed by atoms with van der Waals surface area (Å²) in [6.07, 6.45) is 2.92. The molecule has 1 aromatic carbocycles. The van der Waals surface area contributed by atoms with E-state index in [-0.39, 0.29) is 5.69 Å². The zero-order chi connectivity index (χ0) is 16.8. The SMILES string of the molecule is NC(=O)c1cncc(NCc2ccc(CN3CCOCC3)cc2)n1. The third kappa shape index (κ3) is 4.50. The van der Waals surface area contributed by atoms with Gasteiger partial charge in [-0.2, -0.15) is 0 Å². The van der Waals surface area contributed by atoms with E-state index in [1.807, 2.05) is 0 Å². The number of amides is 1. The van der Waals surface area contributed by atoms with Crippen LogP contribution in [0.2, 0.25) is 0 Å². The van der Waals surface area contributed by atoms with E-state index in [2.05, 4.69) is 44.5 Å². The van der Waals surface area contributed by atoms with Gasteiger partial charge in [-0.25, -0.2) is 4.98 Å². The fourth-order valence-corrected chi connectivity index (χ4v) is 2.54. The molecule has 1 aromatic heterocycles. The molecule has 1 aliphatic rings. The second-order valence-electron chi connectivity index (χ2n) is 5.71. The molecule has 0 bridgehead atoms. The van der Waals surface area contributed by atoms with Crippen LogP contribution in [0, 0.1) is 0 Å². The van der Waals surface area contributed by atoms with Crippen LogP contribution >= 0.6 is 0 Å². The fourth-order valence-electron chi connectivity index (χ4n) is 2.54. The first-order chi connectivity index (χ1) is 11.7. The van der Waals surface area contributed by atoms with Crippen LogP contribution in [-0.2, 0) is 17.8 Å². The van der Waals surface area contributed by atoms with Gasteiger partial charge in [-0.1, -0.05) is 24.3 Å². The van der Waals surface area contributed by atoms with Gasteiger partial charge in [0.2, 0.25) is 0 Å². The van der Waals surface area contributed by atoms with Crippen LogP contribution in [0.5, 0.6) is 0 Å². The lowest BCUT2D eigenvalue weighted by Gasteiger charge is -2.26. The van der Waals surface area contributed by atoms with E-state index in [1.165, 1.54) is 11.8 Å². The van der Waals surface area contributed by atoms with Gasteiger partial charge < -0.3 is 15.8 Å². The van der Waals surface area contributed by atoms with Crippen molar-refractivity contribution in [2.24, 2.45) is 5.73 Å². The van der Waals surface area contributed by atoms with Crippen LogP contribution in [-0.4, -0.2) is 47.1 Å². The number of benzene rings is 1. The molecule has 2 aromatic rings. The molecule has 0 radical (unpaired) electrons. The zero-order valence-corrected chi connectivity index (χ0v) is 13.4. The van der Waals surface area contributed by atoms with E-state index in [4.69, 9.17) is 10.5 Å². The number of primary amides is 1. The third-order valence-corrected chi connectivity index (χ3v) is 3.89. The highest BCUT2D eigenvalue weighted by Gasteiger charge is 2.10. The van der Waals surface area contributed by atoms with Gasteiger partial charge in [0.15, 0.2) is 0 Å². The maximum absolute atomic E-state index is 11.1. The molecule has 126 valence electrons. The Bertz CT molecular complexity index is 684. The number of carbonyl (C=O) groups is 1. The van der Waals surface area contributed by atoms with Gasteiger partial charge in [-0.05, 0) is 11.1 Å². The lowest BCUT2D eigenvalue weighted by atomic mass is 10.1. The highest BCUT2D eigenvalue weighted by molar-refractivity contribution is 5.90. The number of nitrogens with two attached hydrogens (primary N) is 1. The Balaban J connectivity index is 1.54. The summed E-state index contributed by atoms with van der Waals surface area (Å²) in [6, 6.07) is 8.46. The molecule has 0 aliphatic carbocycles. The summed E-state index contributed by atoms with van der Waals surface area (Å²) in [5.41, 5.74) is 7.78. The predicted molar refractivity (Wildman–Crippen MR) is 90.4 cm³/mol. The molecule has 2 heterocycles. The number of aromatic nitrogens is 2. The molecule has 1 fully saturated rings. The molecule has 1 saturated heterocycles. The Labute approximate surface area is 140 Å². The van der Waals surface area contributed by atoms with Crippen molar-refractivity contribution >= 4 is 11.7 Å². The van der Waals surface area contributed by atoms with Gasteiger partial charge >= 0.3 is 0 Å². The maximum atomic E-state index is 11.1. The van der Waals surface area contributed by atoms with Crippen LogP contribution in [0.3, 0.4) is 0 Å². The van der Waals surface area contributed by atoms with Crippen LogP contribution in [0.4, 0.5) is 5.82 Å². The number of carbonyl (C=O) groups excluding carboxylic acids is 1. The summed E-state index contributed by atoms with van der Waals surface area (Å²) < 4.78 is 5.36. The first kappa shape index (κ1) is 16.4. The minimum absolute atomic E-state index is 0.154. The van der Waals surface area contributed by atoms with Gasteiger partial charge in [-0.3, -0.25) is 14.7 Å². The summed E-state index contributed by atoms with van der Waals surface area (Å²) in [7, 11) is 0. The average Bonchev–Trinajstić information content (AvgIpc) is 2.62. The highest BCUT2D eigenvalue weighted by atomic mass is 16.5. The lowest BCUT2D eigenvalue weighted by molar-refractivity contribution is 0.0342. The first-order valence-electron chi connectivity index (χ1n) is 7.94. The Morgan fingerprint density at radius 1 is 1.17 bits per heavy atom. The van der Waals surface area contributed by atoms with Crippen molar-refractivity contribution in [2.75, 3.05) is 31.6 Å². The van der Waals surface area contributed by atoms with Gasteiger partial charge in [0.1, 0.15) is 11.5 Å². The number of hydrogen-bond acceptors (Lipinski definition) is 6. The normalized spacial score (nSPS) is 15.2. The van der Waals surface area contributed by atoms with E-state index in [9.17, 15) is 4.79 Å². The Morgan fingerprint density at radius 3 is 2.58 bits per heavy atom. The molecule has 0 atom stereocenters. The van der Waals surface area contributed by atoms with Crippen molar-refractivity contribution in [1.82, 2.24) is 14.9 Å². The second kappa shape index (κ2) is 7.85. The highest BCUT2D eigenvalue weighted by Crippen LogP contribution is 2.11. The molecule has 0 unspecified atom stereocenters. The van der Waals surface area contributed by atoms with E-state index in [0.29, 0.717) is 12.4 Å². The van der Waals surface area contributed by atoms with Gasteiger partial charge in [-0.15, -0.1) is 0 Å². The number of anilines is 1. The average molecular weight is 327 g/mol. The van der Waals surface area contributed by atoms with Crippen LogP contribution in [0.25, 0.3) is 0 Å². The van der Waals surface area contributed by atoms with Gasteiger partial charge in [0.25, 0.3) is 5.91 Å². The van der Waals surface area contributed by atoms with Crippen molar-refractivity contribution in [3.8, 4) is 0 Å². The zero-order valence-electron chi connectivity index (χ0n) is 13.4. The number of rotatable bonds is 6. The predicted octanol–water partition coefficient (Wildman–Crippen LogP) is 1.02. The summed E-state index contributed by atoms with van der Waals surface area (Å²) in [4.78, 5) is 21.6. The summed E-state index contributed by atoms with van der Waals surface area (Å²) in [6.45, 7) is 5.15. The second-order valence-corrected chi connectivity index (χ2v) is 5.71. The molecule has 0 saturated carbocycles. The number of nitrogens with zero attached hydrogens (tertiary/aromatic N) is 3. The fraction of sp³-hybridized carbons (Fsp3) is 0.353. The topological polar surface area (TPSA) is 93.4 Å². The summed E-state index contributed by atoms with van der Waals surface area (Å²) in [5, 5.41) is 3.15. The number of ether oxygens (including phenoxy) is 1. The lowest BCUT2D eigenvalue weighted by Crippen LogP contribution is -2.35. The number of hydrogen-bond donors (Lipinski definition) is 2. The van der Waals surface area contributed by atoms with Gasteiger partial charge in [0, 0.05) is 26.2 Å². The van der Waals surface area contributed by atoms with Crippen molar-refractivity contribution < 1.29 is 9.53 Å². The number of morpholine rings is 1. The maximum Gasteiger partial charge on any atom is 0.268 e. The standard InChI is InChI=1S/C17H21N5O2/c18-17(23)15-10-19-11-16(21-15)20-9-13-1-3-14(4-2-13)12-22-5-7-24-8-6-22/h1-4,10-11H,5-9,12H2,(H2,18,23)(H,20,21). The molecule has 24 heavy (non-hydrogen) atoms. The molecule has 1 amide bonds. The summed E-state index contributed by atoms with van der Waals surface area (Å²) >= 11 is 0. The molecule has 3 N–H and O–H groups in total. The molecule has 1 aliphatic heterocycles. The smallest absolute Gasteiger partial charge is 0.268 e. The van der Waals surface area contributed by atoms with Crippen molar-refractivity contribution in [1.29, 1.82) is 0 Å². The van der Waals surface area contributed by atoms with E-state index in [0.717, 1.165) is 38.4 Å². The van der Waals surface area contributed by atoms with Gasteiger partial charge in [0.05, 0.1) is 25.6 Å². The minimum Gasteiger partial charge on any atom is -0.379 e. The Kier molecular flexibility index (Phi) is 5.35. The van der Waals surface area contributed by atoms with Crippen LogP contribution in [0.15, 0.2) is 36.7 Å². The Hall–Kier alpha value is -2.51. The van der Waals surface area contributed by atoms with E-state index in [1.54, 1.807) is 6.20 Å².